The standard InChI is InChI=1S/C11H17BrN2O2/c1-5-9-13-8(6-12)7-14(9)10(15)16-11(2,3)4/h7H,5-6H2,1-4H3. The van der Waals surface area contributed by atoms with E-state index in [9.17, 15) is 4.79 Å². The third kappa shape index (κ3) is 3.33. The Morgan fingerprint density at radius 3 is 2.62 bits per heavy atom. The van der Waals surface area contributed by atoms with Crippen LogP contribution in [0.25, 0.3) is 0 Å². The van der Waals surface area contributed by atoms with Crippen molar-refractivity contribution in [2.75, 3.05) is 0 Å². The zero-order valence-electron chi connectivity index (χ0n) is 10.1. The fourth-order valence-electron chi connectivity index (χ4n) is 1.26. The first kappa shape index (κ1) is 13.2. The van der Waals surface area contributed by atoms with Gasteiger partial charge < -0.3 is 4.74 Å². The molecule has 0 atom stereocenters. The summed E-state index contributed by atoms with van der Waals surface area (Å²) in [6.45, 7) is 7.50. The van der Waals surface area contributed by atoms with E-state index in [1.54, 1.807) is 6.20 Å². The summed E-state index contributed by atoms with van der Waals surface area (Å²) >= 11 is 3.32. The Kier molecular flexibility index (Phi) is 4.13. The molecule has 1 heterocycles. The van der Waals surface area contributed by atoms with Crippen LogP contribution >= 0.6 is 15.9 Å². The van der Waals surface area contributed by atoms with Crippen LogP contribution in [0.3, 0.4) is 0 Å². The van der Waals surface area contributed by atoms with Gasteiger partial charge in [-0.3, -0.25) is 0 Å². The monoisotopic (exact) mass is 288 g/mol. The van der Waals surface area contributed by atoms with Crippen molar-refractivity contribution in [1.29, 1.82) is 0 Å². The van der Waals surface area contributed by atoms with Crippen LogP contribution in [0, 0.1) is 0 Å². The van der Waals surface area contributed by atoms with Gasteiger partial charge in [-0.05, 0) is 20.8 Å². The van der Waals surface area contributed by atoms with Crippen LogP contribution in [0.2, 0.25) is 0 Å². The summed E-state index contributed by atoms with van der Waals surface area (Å²) in [5, 5.41) is 0.635. The van der Waals surface area contributed by atoms with E-state index in [1.165, 1.54) is 4.57 Å². The van der Waals surface area contributed by atoms with Crippen LogP contribution < -0.4 is 0 Å². The van der Waals surface area contributed by atoms with E-state index in [1.807, 2.05) is 27.7 Å². The van der Waals surface area contributed by atoms with Crippen molar-refractivity contribution in [3.8, 4) is 0 Å². The molecular weight excluding hydrogens is 272 g/mol. The van der Waals surface area contributed by atoms with Crippen LogP contribution in [0.15, 0.2) is 6.20 Å². The first-order valence-electron chi connectivity index (χ1n) is 5.24. The molecule has 1 rings (SSSR count). The van der Waals surface area contributed by atoms with Crippen molar-refractivity contribution >= 4 is 22.0 Å². The lowest BCUT2D eigenvalue weighted by molar-refractivity contribution is 0.0532. The average molecular weight is 289 g/mol. The molecule has 0 unspecified atom stereocenters. The first-order valence-corrected chi connectivity index (χ1v) is 6.36. The predicted octanol–water partition coefficient (Wildman–Crippen LogP) is 3.12. The topological polar surface area (TPSA) is 44.1 Å². The third-order valence-corrected chi connectivity index (χ3v) is 2.45. The lowest BCUT2D eigenvalue weighted by Crippen LogP contribution is -2.27. The Morgan fingerprint density at radius 2 is 2.19 bits per heavy atom. The maximum Gasteiger partial charge on any atom is 0.419 e. The van der Waals surface area contributed by atoms with Crippen LogP contribution in [0.1, 0.15) is 39.2 Å². The van der Waals surface area contributed by atoms with Gasteiger partial charge in [0, 0.05) is 17.9 Å². The molecule has 1 aromatic rings. The number of hydrogen-bond acceptors (Lipinski definition) is 3. The van der Waals surface area contributed by atoms with Gasteiger partial charge in [-0.15, -0.1) is 0 Å². The third-order valence-electron chi connectivity index (χ3n) is 1.87. The molecule has 0 aliphatic rings. The van der Waals surface area contributed by atoms with Gasteiger partial charge in [0.1, 0.15) is 11.4 Å². The van der Waals surface area contributed by atoms with Crippen molar-refractivity contribution in [2.45, 2.75) is 45.0 Å². The molecule has 0 aliphatic carbocycles. The number of aryl methyl sites for hydroxylation is 1. The number of alkyl halides is 1. The van der Waals surface area contributed by atoms with Crippen LogP contribution in [-0.4, -0.2) is 21.2 Å². The molecule has 0 aliphatic heterocycles. The van der Waals surface area contributed by atoms with Gasteiger partial charge in [-0.25, -0.2) is 14.3 Å². The first-order chi connectivity index (χ1) is 7.37. The number of ether oxygens (including phenoxy) is 1. The summed E-state index contributed by atoms with van der Waals surface area (Å²) in [5.74, 6) is 0.726. The zero-order chi connectivity index (χ0) is 12.3. The minimum atomic E-state index is -0.485. The van der Waals surface area contributed by atoms with Gasteiger partial charge in [0.15, 0.2) is 0 Å². The maximum atomic E-state index is 11.9. The summed E-state index contributed by atoms with van der Waals surface area (Å²) in [4.78, 5) is 16.2. The van der Waals surface area contributed by atoms with Crippen molar-refractivity contribution in [3.63, 3.8) is 0 Å². The lowest BCUT2D eigenvalue weighted by Gasteiger charge is -2.19. The fourth-order valence-corrected chi connectivity index (χ4v) is 1.53. The number of carbonyl (C=O) groups is 1. The quantitative estimate of drug-likeness (QED) is 0.786. The predicted molar refractivity (Wildman–Crippen MR) is 65.9 cm³/mol. The van der Waals surface area contributed by atoms with Gasteiger partial charge in [-0.1, -0.05) is 22.9 Å². The Labute approximate surface area is 104 Å². The molecule has 4 nitrogen and oxygen atoms in total. The zero-order valence-corrected chi connectivity index (χ0v) is 11.7. The highest BCUT2D eigenvalue weighted by atomic mass is 79.9. The highest BCUT2D eigenvalue weighted by molar-refractivity contribution is 9.08. The van der Waals surface area contributed by atoms with Crippen LogP contribution in [0.4, 0.5) is 4.79 Å². The van der Waals surface area contributed by atoms with E-state index < -0.39 is 5.60 Å². The summed E-state index contributed by atoms with van der Waals surface area (Å²) in [5.41, 5.74) is 0.351. The smallest absolute Gasteiger partial charge is 0.419 e. The number of hydrogen-bond donors (Lipinski definition) is 0. The summed E-state index contributed by atoms with van der Waals surface area (Å²) in [7, 11) is 0. The number of aromatic nitrogens is 2. The largest absolute Gasteiger partial charge is 0.443 e. The molecule has 0 saturated heterocycles. The molecule has 0 N–H and O–H groups in total. The SMILES string of the molecule is CCc1nc(CBr)cn1C(=O)OC(C)(C)C. The molecule has 0 spiro atoms. The number of halogens is 1. The minimum Gasteiger partial charge on any atom is -0.443 e. The van der Waals surface area contributed by atoms with Crippen molar-refractivity contribution < 1.29 is 9.53 Å². The highest BCUT2D eigenvalue weighted by Crippen LogP contribution is 2.13. The summed E-state index contributed by atoms with van der Waals surface area (Å²) in [6.07, 6.45) is 2.04. The van der Waals surface area contributed by atoms with E-state index in [4.69, 9.17) is 4.74 Å². The van der Waals surface area contributed by atoms with Crippen LogP contribution in [-0.2, 0) is 16.5 Å². The molecule has 0 fully saturated rings. The molecule has 90 valence electrons. The lowest BCUT2D eigenvalue weighted by atomic mass is 10.2. The molecular formula is C11H17BrN2O2. The molecule has 0 saturated carbocycles. The van der Waals surface area contributed by atoms with Gasteiger partial charge in [-0.2, -0.15) is 0 Å². The number of carbonyl (C=O) groups excluding carboxylic acids is 1. The van der Waals surface area contributed by atoms with Crippen LogP contribution in [0.5, 0.6) is 0 Å². The highest BCUT2D eigenvalue weighted by Gasteiger charge is 2.20. The van der Waals surface area contributed by atoms with Crippen molar-refractivity contribution in [3.05, 3.63) is 17.7 Å². The second kappa shape index (κ2) is 4.99. The van der Waals surface area contributed by atoms with E-state index in [-0.39, 0.29) is 6.09 Å². The number of rotatable bonds is 2. The summed E-state index contributed by atoms with van der Waals surface area (Å²) in [6, 6.07) is 0. The molecule has 1 aromatic heterocycles. The van der Waals surface area contributed by atoms with E-state index >= 15 is 0 Å². The Bertz CT molecular complexity index is 380. The summed E-state index contributed by atoms with van der Waals surface area (Å²) < 4.78 is 6.77. The normalized spacial score (nSPS) is 11.6. The Hall–Kier alpha value is -0.840. The van der Waals surface area contributed by atoms with E-state index in [0.717, 1.165) is 11.5 Å². The minimum absolute atomic E-state index is 0.371. The second-order valence-electron chi connectivity index (χ2n) is 4.49. The number of nitrogens with zero attached hydrogens (tertiary/aromatic N) is 2. The molecule has 0 amide bonds. The molecule has 0 bridgehead atoms. The molecule has 0 radical (unpaired) electrons. The molecule has 16 heavy (non-hydrogen) atoms. The molecule has 0 aromatic carbocycles. The van der Waals surface area contributed by atoms with E-state index in [2.05, 4.69) is 20.9 Å². The van der Waals surface area contributed by atoms with Crippen molar-refractivity contribution in [2.24, 2.45) is 0 Å². The number of imidazole rings is 1. The van der Waals surface area contributed by atoms with Gasteiger partial charge in [0.25, 0.3) is 0 Å². The van der Waals surface area contributed by atoms with Gasteiger partial charge >= 0.3 is 6.09 Å². The fraction of sp³-hybridized carbons (Fsp3) is 0.636. The van der Waals surface area contributed by atoms with E-state index in [0.29, 0.717) is 11.8 Å². The average Bonchev–Trinajstić information content (AvgIpc) is 2.58. The second-order valence-corrected chi connectivity index (χ2v) is 5.05. The van der Waals surface area contributed by atoms with Crippen molar-refractivity contribution in [1.82, 2.24) is 9.55 Å². The molecule has 5 heteroatoms. The maximum absolute atomic E-state index is 11.9. The van der Waals surface area contributed by atoms with Gasteiger partial charge in [0.05, 0.1) is 5.69 Å². The van der Waals surface area contributed by atoms with Gasteiger partial charge in [0.2, 0.25) is 0 Å². The Morgan fingerprint density at radius 1 is 1.56 bits per heavy atom. The Balaban J connectivity index is 2.94.